The van der Waals surface area contributed by atoms with Crippen molar-refractivity contribution in [2.45, 2.75) is 19.4 Å². The van der Waals surface area contributed by atoms with Crippen LogP contribution in [0.5, 0.6) is 0 Å². The van der Waals surface area contributed by atoms with E-state index in [0.717, 1.165) is 28.9 Å². The summed E-state index contributed by atoms with van der Waals surface area (Å²) >= 11 is 0. The molecule has 2 amide bonds. The molecular weight excluding hydrogens is 413 g/mol. The molecule has 1 aliphatic heterocycles. The van der Waals surface area contributed by atoms with Gasteiger partial charge in [-0.15, -0.1) is 0 Å². The van der Waals surface area contributed by atoms with Crippen LogP contribution < -0.4 is 5.32 Å². The Morgan fingerprint density at radius 3 is 2.62 bits per heavy atom. The highest BCUT2D eigenvalue weighted by atomic mass is 19.1. The minimum absolute atomic E-state index is 0.0624. The van der Waals surface area contributed by atoms with Gasteiger partial charge in [-0.05, 0) is 48.2 Å². The molecule has 32 heavy (non-hydrogen) atoms. The van der Waals surface area contributed by atoms with E-state index in [2.05, 4.69) is 15.4 Å². The number of carbonyl (C=O) groups excluding carboxylic acids is 1. The Morgan fingerprint density at radius 1 is 1.16 bits per heavy atom. The summed E-state index contributed by atoms with van der Waals surface area (Å²) in [6, 6.07) is 11.9. The van der Waals surface area contributed by atoms with Crippen molar-refractivity contribution in [2.75, 3.05) is 19.6 Å². The second-order valence-electron chi connectivity index (χ2n) is 7.90. The molecule has 166 valence electrons. The number of halogens is 1. The van der Waals surface area contributed by atoms with Crippen LogP contribution in [-0.4, -0.2) is 56.4 Å². The quantitative estimate of drug-likeness (QED) is 0.592. The van der Waals surface area contributed by atoms with Gasteiger partial charge in [-0.3, -0.25) is 14.5 Å². The van der Waals surface area contributed by atoms with Crippen molar-refractivity contribution in [1.29, 1.82) is 0 Å². The molecule has 3 heterocycles. The number of carbonyl (C=O) groups is 2. The third kappa shape index (κ3) is 5.29. The van der Waals surface area contributed by atoms with E-state index in [1.807, 2.05) is 18.2 Å². The lowest BCUT2D eigenvalue weighted by Crippen LogP contribution is -2.34. The minimum Gasteiger partial charge on any atom is -0.465 e. The summed E-state index contributed by atoms with van der Waals surface area (Å²) in [4.78, 5) is 29.5. The second kappa shape index (κ2) is 9.59. The van der Waals surface area contributed by atoms with E-state index in [-0.39, 0.29) is 24.2 Å². The van der Waals surface area contributed by atoms with Gasteiger partial charge in [-0.2, -0.15) is 5.10 Å². The molecule has 0 spiro atoms. The molecule has 1 atom stereocenters. The highest BCUT2D eigenvalue weighted by Gasteiger charge is 2.27. The standard InChI is InChI=1S/C23H24FN5O3/c24-19-3-1-16(2-4-19)11-20-12-21(18-5-8-25-9-6-18)27-29(20)15-22(30)28-10-7-17(14-28)13-26-23(31)32/h1-6,8-9,12,17,26H,7,10-11,13-15H2,(H,31,32). The van der Waals surface area contributed by atoms with Gasteiger partial charge in [0.15, 0.2) is 0 Å². The topological polar surface area (TPSA) is 100 Å². The number of nitrogens with zero attached hydrogens (tertiary/aromatic N) is 4. The third-order valence-corrected chi connectivity index (χ3v) is 5.60. The molecule has 1 aromatic carbocycles. The van der Waals surface area contributed by atoms with Gasteiger partial charge in [-0.25, -0.2) is 9.18 Å². The molecule has 0 bridgehead atoms. The van der Waals surface area contributed by atoms with Crippen molar-refractivity contribution < 1.29 is 19.1 Å². The Balaban J connectivity index is 1.51. The lowest BCUT2D eigenvalue weighted by molar-refractivity contribution is -0.131. The average Bonchev–Trinajstić information content (AvgIpc) is 3.42. The van der Waals surface area contributed by atoms with Crippen molar-refractivity contribution >= 4 is 12.0 Å². The summed E-state index contributed by atoms with van der Waals surface area (Å²) in [5.74, 6) is -0.248. The number of rotatable bonds is 7. The second-order valence-corrected chi connectivity index (χ2v) is 7.90. The van der Waals surface area contributed by atoms with Crippen LogP contribution in [0.15, 0.2) is 54.9 Å². The molecular formula is C23H24FN5O3. The van der Waals surface area contributed by atoms with Crippen LogP contribution in [0, 0.1) is 11.7 Å². The van der Waals surface area contributed by atoms with Crippen LogP contribution in [0.1, 0.15) is 17.7 Å². The summed E-state index contributed by atoms with van der Waals surface area (Å²) in [7, 11) is 0. The summed E-state index contributed by atoms with van der Waals surface area (Å²) in [5, 5.41) is 15.8. The summed E-state index contributed by atoms with van der Waals surface area (Å²) in [6.07, 6.45) is 3.59. The Kier molecular flexibility index (Phi) is 6.44. The van der Waals surface area contributed by atoms with Crippen molar-refractivity contribution in [3.05, 3.63) is 71.9 Å². The van der Waals surface area contributed by atoms with Crippen LogP contribution in [0.25, 0.3) is 11.3 Å². The normalized spacial score (nSPS) is 15.7. The van der Waals surface area contributed by atoms with E-state index < -0.39 is 6.09 Å². The Bertz CT molecular complexity index is 1080. The molecule has 1 unspecified atom stereocenters. The first-order valence-electron chi connectivity index (χ1n) is 10.4. The van der Waals surface area contributed by atoms with Gasteiger partial charge >= 0.3 is 6.09 Å². The van der Waals surface area contributed by atoms with Gasteiger partial charge in [0, 0.05) is 49.7 Å². The molecule has 9 heteroatoms. The van der Waals surface area contributed by atoms with E-state index in [1.165, 1.54) is 12.1 Å². The van der Waals surface area contributed by atoms with Crippen molar-refractivity contribution in [2.24, 2.45) is 5.92 Å². The van der Waals surface area contributed by atoms with Crippen LogP contribution in [0.2, 0.25) is 0 Å². The van der Waals surface area contributed by atoms with Crippen LogP contribution in [0.4, 0.5) is 9.18 Å². The zero-order valence-electron chi connectivity index (χ0n) is 17.4. The van der Waals surface area contributed by atoms with Gasteiger partial charge in [-0.1, -0.05) is 12.1 Å². The van der Waals surface area contributed by atoms with Crippen LogP contribution in [0.3, 0.4) is 0 Å². The molecule has 2 N–H and O–H groups in total. The lowest BCUT2D eigenvalue weighted by atomic mass is 10.1. The van der Waals surface area contributed by atoms with Gasteiger partial charge in [0.2, 0.25) is 5.91 Å². The summed E-state index contributed by atoms with van der Waals surface area (Å²) in [5.41, 5.74) is 3.40. The van der Waals surface area contributed by atoms with E-state index in [1.54, 1.807) is 34.1 Å². The molecule has 2 aromatic heterocycles. The van der Waals surface area contributed by atoms with Gasteiger partial charge in [0.25, 0.3) is 0 Å². The molecule has 0 saturated carbocycles. The van der Waals surface area contributed by atoms with Crippen molar-refractivity contribution in [1.82, 2.24) is 25.0 Å². The molecule has 1 saturated heterocycles. The SMILES string of the molecule is O=C(O)NCC1CCN(C(=O)Cn2nc(-c3ccncc3)cc2Cc2ccc(F)cc2)C1. The number of hydrogen-bond donors (Lipinski definition) is 2. The smallest absolute Gasteiger partial charge is 0.404 e. The number of benzene rings is 1. The highest BCUT2D eigenvalue weighted by Crippen LogP contribution is 2.22. The predicted molar refractivity (Wildman–Crippen MR) is 115 cm³/mol. The fourth-order valence-corrected chi connectivity index (χ4v) is 3.90. The van der Waals surface area contributed by atoms with E-state index >= 15 is 0 Å². The molecule has 0 radical (unpaired) electrons. The average molecular weight is 437 g/mol. The molecule has 1 fully saturated rings. The molecule has 4 rings (SSSR count). The maximum atomic E-state index is 13.3. The molecule has 0 aliphatic carbocycles. The first-order valence-corrected chi connectivity index (χ1v) is 10.4. The maximum Gasteiger partial charge on any atom is 0.404 e. The molecule has 3 aromatic rings. The van der Waals surface area contributed by atoms with Crippen LogP contribution >= 0.6 is 0 Å². The zero-order valence-corrected chi connectivity index (χ0v) is 17.4. The molecule has 8 nitrogen and oxygen atoms in total. The number of amides is 2. The fourth-order valence-electron chi connectivity index (χ4n) is 3.90. The van der Waals surface area contributed by atoms with Gasteiger partial charge < -0.3 is 15.3 Å². The Hall–Kier alpha value is -3.75. The van der Waals surface area contributed by atoms with Gasteiger partial charge in [0.05, 0.1) is 5.69 Å². The lowest BCUT2D eigenvalue weighted by Gasteiger charge is -2.17. The Labute approximate surface area is 184 Å². The first kappa shape index (κ1) is 21.5. The number of carboxylic acid groups (broad SMARTS) is 1. The highest BCUT2D eigenvalue weighted by molar-refractivity contribution is 5.76. The van der Waals surface area contributed by atoms with E-state index in [0.29, 0.717) is 26.1 Å². The Morgan fingerprint density at radius 2 is 1.91 bits per heavy atom. The number of hydrogen-bond acceptors (Lipinski definition) is 4. The van der Waals surface area contributed by atoms with Crippen molar-refractivity contribution in [3.8, 4) is 11.3 Å². The van der Waals surface area contributed by atoms with Gasteiger partial charge in [0.1, 0.15) is 12.4 Å². The predicted octanol–water partition coefficient (Wildman–Crippen LogP) is 2.79. The number of aromatic nitrogens is 3. The molecule has 1 aliphatic rings. The van der Waals surface area contributed by atoms with E-state index in [9.17, 15) is 14.0 Å². The monoisotopic (exact) mass is 437 g/mol. The number of nitrogens with one attached hydrogen (secondary N) is 1. The third-order valence-electron chi connectivity index (χ3n) is 5.60. The summed E-state index contributed by atoms with van der Waals surface area (Å²) < 4.78 is 15.0. The maximum absolute atomic E-state index is 13.3. The summed E-state index contributed by atoms with van der Waals surface area (Å²) in [6.45, 7) is 1.53. The minimum atomic E-state index is -1.06. The number of pyridine rings is 1. The zero-order chi connectivity index (χ0) is 22.5. The fraction of sp³-hybridized carbons (Fsp3) is 0.304. The number of likely N-dealkylation sites (tertiary alicyclic amines) is 1. The van der Waals surface area contributed by atoms with Crippen LogP contribution in [-0.2, 0) is 17.8 Å². The first-order chi connectivity index (χ1) is 15.5. The van der Waals surface area contributed by atoms with Crippen molar-refractivity contribution in [3.63, 3.8) is 0 Å². The van der Waals surface area contributed by atoms with E-state index in [4.69, 9.17) is 5.11 Å². The largest absolute Gasteiger partial charge is 0.465 e.